The minimum absolute atomic E-state index is 0.00935. The molecule has 3 atom stereocenters. The van der Waals surface area contributed by atoms with E-state index in [-0.39, 0.29) is 17.9 Å². The van der Waals surface area contributed by atoms with Gasteiger partial charge in [0.2, 0.25) is 0 Å². The number of anilines is 1. The lowest BCUT2D eigenvalue weighted by Gasteiger charge is -2.33. The summed E-state index contributed by atoms with van der Waals surface area (Å²) in [6, 6.07) is 11.6. The van der Waals surface area contributed by atoms with Crippen LogP contribution < -0.4 is 15.8 Å². The highest BCUT2D eigenvalue weighted by Crippen LogP contribution is 2.25. The maximum Gasteiger partial charge on any atom is 0.176 e. The monoisotopic (exact) mass is 242 g/mol. The number of ketones is 1. The van der Waals surface area contributed by atoms with Crippen molar-refractivity contribution in [3.63, 3.8) is 0 Å². The molecule has 1 aromatic carbocycles. The highest BCUT2D eigenvalue weighted by molar-refractivity contribution is 5.93. The van der Waals surface area contributed by atoms with Gasteiger partial charge in [-0.1, -0.05) is 18.2 Å². The van der Waals surface area contributed by atoms with E-state index < -0.39 is 5.92 Å². The molecule has 18 heavy (non-hydrogen) atoms. The van der Waals surface area contributed by atoms with Crippen molar-refractivity contribution in [2.75, 3.05) is 18.1 Å². The standard InChI is InChI=1S/C13H14N4O/c14-6-9-7-15-11-8-16-17(12(11)13(9)18)10-4-2-1-3-5-10/h1-5,9,11-12,15-16H,7-8H2. The molecule has 5 heteroatoms. The third-order valence-corrected chi connectivity index (χ3v) is 3.55. The zero-order chi connectivity index (χ0) is 12.5. The number of nitriles is 1. The van der Waals surface area contributed by atoms with Gasteiger partial charge in [0.05, 0.1) is 17.8 Å². The number of carbonyl (C=O) groups excluding carboxylic acids is 1. The Morgan fingerprint density at radius 3 is 2.78 bits per heavy atom. The van der Waals surface area contributed by atoms with Crippen LogP contribution in [0.3, 0.4) is 0 Å². The number of nitrogens with one attached hydrogen (secondary N) is 2. The van der Waals surface area contributed by atoms with E-state index in [1.54, 1.807) is 0 Å². The molecule has 2 saturated heterocycles. The Hall–Kier alpha value is -1.90. The first-order valence-corrected chi connectivity index (χ1v) is 6.06. The van der Waals surface area contributed by atoms with E-state index in [0.717, 1.165) is 5.69 Å². The summed E-state index contributed by atoms with van der Waals surface area (Å²) in [7, 11) is 0. The molecule has 2 N–H and O–H groups in total. The quantitative estimate of drug-likeness (QED) is 0.729. The molecule has 2 fully saturated rings. The van der Waals surface area contributed by atoms with Gasteiger partial charge in [0.25, 0.3) is 0 Å². The number of fused-ring (bicyclic) bond motifs is 1. The Labute approximate surface area is 105 Å². The van der Waals surface area contributed by atoms with E-state index in [1.165, 1.54) is 0 Å². The maximum atomic E-state index is 12.3. The summed E-state index contributed by atoms with van der Waals surface area (Å²) in [6.07, 6.45) is 0. The summed E-state index contributed by atoms with van der Waals surface area (Å²) in [5.41, 5.74) is 4.19. The Bertz CT molecular complexity index is 495. The molecule has 3 unspecified atom stereocenters. The van der Waals surface area contributed by atoms with Crippen molar-refractivity contribution in [1.29, 1.82) is 5.26 Å². The number of nitrogens with zero attached hydrogens (tertiary/aromatic N) is 2. The Kier molecular flexibility index (Phi) is 2.74. The Morgan fingerprint density at radius 2 is 2.06 bits per heavy atom. The van der Waals surface area contributed by atoms with Gasteiger partial charge >= 0.3 is 0 Å². The smallest absolute Gasteiger partial charge is 0.176 e. The molecule has 0 bridgehead atoms. The Balaban J connectivity index is 1.90. The molecule has 2 aliphatic rings. The fourth-order valence-corrected chi connectivity index (χ4v) is 2.62. The average Bonchev–Trinajstić information content (AvgIpc) is 2.85. The number of hydrogen-bond acceptors (Lipinski definition) is 5. The molecule has 2 aliphatic heterocycles. The highest BCUT2D eigenvalue weighted by atomic mass is 16.1. The van der Waals surface area contributed by atoms with Crippen LogP contribution in [0.1, 0.15) is 0 Å². The summed E-state index contributed by atoms with van der Waals surface area (Å²) < 4.78 is 0. The fourth-order valence-electron chi connectivity index (χ4n) is 2.62. The summed E-state index contributed by atoms with van der Waals surface area (Å²) in [5.74, 6) is -0.535. The lowest BCUT2D eigenvalue weighted by Crippen LogP contribution is -2.57. The average molecular weight is 242 g/mol. The van der Waals surface area contributed by atoms with Crippen LogP contribution in [0.2, 0.25) is 0 Å². The van der Waals surface area contributed by atoms with Crippen LogP contribution in [0.15, 0.2) is 30.3 Å². The third-order valence-electron chi connectivity index (χ3n) is 3.55. The molecule has 0 spiro atoms. The fraction of sp³-hybridized carbons (Fsp3) is 0.385. The number of benzene rings is 1. The summed E-state index contributed by atoms with van der Waals surface area (Å²) >= 11 is 0. The van der Waals surface area contributed by atoms with Crippen LogP contribution in [0.5, 0.6) is 0 Å². The minimum Gasteiger partial charge on any atom is -0.309 e. The van der Waals surface area contributed by atoms with Gasteiger partial charge in [-0.25, -0.2) is 5.43 Å². The van der Waals surface area contributed by atoms with Crippen molar-refractivity contribution in [2.24, 2.45) is 5.92 Å². The van der Waals surface area contributed by atoms with Crippen molar-refractivity contribution >= 4 is 11.5 Å². The lowest BCUT2D eigenvalue weighted by molar-refractivity contribution is -0.124. The normalized spacial score (nSPS) is 30.9. The molecule has 0 aromatic heterocycles. The first-order valence-electron chi connectivity index (χ1n) is 6.06. The van der Waals surface area contributed by atoms with E-state index in [9.17, 15) is 4.79 Å². The molecule has 0 radical (unpaired) electrons. The van der Waals surface area contributed by atoms with E-state index in [2.05, 4.69) is 16.8 Å². The molecule has 1 aromatic rings. The highest BCUT2D eigenvalue weighted by Gasteiger charge is 2.45. The molecule has 0 aliphatic carbocycles. The number of carbonyl (C=O) groups is 1. The predicted octanol–water partition coefficient (Wildman–Crippen LogP) is 0.0605. The van der Waals surface area contributed by atoms with Gasteiger partial charge < -0.3 is 5.32 Å². The first-order chi connectivity index (χ1) is 8.81. The van der Waals surface area contributed by atoms with Gasteiger partial charge in [-0.15, -0.1) is 0 Å². The van der Waals surface area contributed by atoms with E-state index in [1.807, 2.05) is 35.3 Å². The summed E-state index contributed by atoms with van der Waals surface area (Å²) in [6.45, 7) is 1.17. The lowest BCUT2D eigenvalue weighted by atomic mass is 9.90. The predicted molar refractivity (Wildman–Crippen MR) is 66.6 cm³/mol. The minimum atomic E-state index is -0.544. The van der Waals surface area contributed by atoms with Gasteiger partial charge in [-0.3, -0.25) is 9.80 Å². The number of para-hydroxylation sites is 1. The zero-order valence-electron chi connectivity index (χ0n) is 9.84. The van der Waals surface area contributed by atoms with Crippen LogP contribution in [0, 0.1) is 17.2 Å². The van der Waals surface area contributed by atoms with Crippen molar-refractivity contribution in [3.05, 3.63) is 30.3 Å². The van der Waals surface area contributed by atoms with Crippen LogP contribution in [0.25, 0.3) is 0 Å². The SMILES string of the molecule is N#CC1CNC2CNN(c3ccccc3)C2C1=O. The number of hydrogen-bond donors (Lipinski definition) is 2. The van der Waals surface area contributed by atoms with Gasteiger partial charge in [0, 0.05) is 13.1 Å². The van der Waals surface area contributed by atoms with Crippen molar-refractivity contribution in [3.8, 4) is 6.07 Å². The second-order valence-electron chi connectivity index (χ2n) is 4.61. The molecular formula is C13H14N4O. The molecule has 2 heterocycles. The first kappa shape index (κ1) is 11.2. The largest absolute Gasteiger partial charge is 0.309 e. The number of Topliss-reactive ketones (excluding diaryl/α,β-unsaturated/α-hetero) is 1. The summed E-state index contributed by atoms with van der Waals surface area (Å²) in [5, 5.41) is 14.1. The van der Waals surface area contributed by atoms with Crippen molar-refractivity contribution in [2.45, 2.75) is 12.1 Å². The van der Waals surface area contributed by atoms with E-state index in [4.69, 9.17) is 5.26 Å². The van der Waals surface area contributed by atoms with Crippen LogP contribution in [-0.4, -0.2) is 31.0 Å². The van der Waals surface area contributed by atoms with E-state index >= 15 is 0 Å². The van der Waals surface area contributed by atoms with E-state index in [0.29, 0.717) is 13.1 Å². The molecule has 0 amide bonds. The second-order valence-corrected chi connectivity index (χ2v) is 4.61. The number of hydrazine groups is 1. The number of rotatable bonds is 1. The van der Waals surface area contributed by atoms with Crippen molar-refractivity contribution in [1.82, 2.24) is 10.7 Å². The molecular weight excluding hydrogens is 228 g/mol. The van der Waals surface area contributed by atoms with Gasteiger partial charge in [0.15, 0.2) is 5.78 Å². The second kappa shape index (κ2) is 4.41. The van der Waals surface area contributed by atoms with Gasteiger partial charge in [-0.05, 0) is 12.1 Å². The topological polar surface area (TPSA) is 68.2 Å². The van der Waals surface area contributed by atoms with Gasteiger partial charge in [-0.2, -0.15) is 5.26 Å². The molecule has 3 rings (SSSR count). The molecule has 0 saturated carbocycles. The Morgan fingerprint density at radius 1 is 1.28 bits per heavy atom. The molecule has 92 valence electrons. The number of piperidine rings is 1. The maximum absolute atomic E-state index is 12.3. The summed E-state index contributed by atoms with van der Waals surface area (Å²) in [4.78, 5) is 12.3. The van der Waals surface area contributed by atoms with Gasteiger partial charge in [0.1, 0.15) is 12.0 Å². The van der Waals surface area contributed by atoms with Crippen LogP contribution in [0.4, 0.5) is 5.69 Å². The van der Waals surface area contributed by atoms with Crippen molar-refractivity contribution < 1.29 is 4.79 Å². The third kappa shape index (κ3) is 1.67. The van der Waals surface area contributed by atoms with Crippen LogP contribution in [-0.2, 0) is 4.79 Å². The zero-order valence-corrected chi connectivity index (χ0v) is 9.84. The van der Waals surface area contributed by atoms with Crippen LogP contribution >= 0.6 is 0 Å². The molecule has 5 nitrogen and oxygen atoms in total.